The summed E-state index contributed by atoms with van der Waals surface area (Å²) in [6, 6.07) is 15.0. The number of likely N-dealkylation sites (tertiary alicyclic amines) is 1. The van der Waals surface area contributed by atoms with E-state index in [2.05, 4.69) is 31.9 Å². The van der Waals surface area contributed by atoms with Crippen LogP contribution in [-0.2, 0) is 13.0 Å². The van der Waals surface area contributed by atoms with Gasteiger partial charge in [0.05, 0.1) is 11.0 Å². The summed E-state index contributed by atoms with van der Waals surface area (Å²) in [5, 5.41) is 5.29. The van der Waals surface area contributed by atoms with E-state index in [1.54, 1.807) is 6.20 Å². The number of benzene rings is 2. The van der Waals surface area contributed by atoms with Crippen molar-refractivity contribution in [2.24, 2.45) is 5.92 Å². The molecule has 1 saturated heterocycles. The predicted octanol–water partition coefficient (Wildman–Crippen LogP) is 4.36. The Balaban J connectivity index is 1.18. The topological polar surface area (TPSA) is 63.1 Å². The Hall–Kier alpha value is -3.10. The van der Waals surface area contributed by atoms with Gasteiger partial charge < -0.3 is 14.8 Å². The van der Waals surface area contributed by atoms with E-state index >= 15 is 0 Å². The lowest BCUT2D eigenvalue weighted by Gasteiger charge is -2.31. The summed E-state index contributed by atoms with van der Waals surface area (Å²) in [4.78, 5) is 23.5. The quantitative estimate of drug-likeness (QED) is 0.410. The minimum Gasteiger partial charge on any atom is -0.349 e. The molecule has 6 nitrogen and oxygen atoms in total. The molecule has 0 aliphatic carbocycles. The van der Waals surface area contributed by atoms with Gasteiger partial charge in [0.1, 0.15) is 11.6 Å². The van der Waals surface area contributed by atoms with Crippen LogP contribution in [0.15, 0.2) is 60.1 Å². The van der Waals surface area contributed by atoms with E-state index < -0.39 is 0 Å². The van der Waals surface area contributed by atoms with Gasteiger partial charge in [-0.25, -0.2) is 14.4 Å². The van der Waals surface area contributed by atoms with E-state index in [-0.39, 0.29) is 11.7 Å². The highest BCUT2D eigenvalue weighted by molar-refractivity contribution is 7.11. The van der Waals surface area contributed by atoms with Crippen LogP contribution in [0.3, 0.4) is 0 Å². The normalized spacial score (nSPS) is 15.1. The summed E-state index contributed by atoms with van der Waals surface area (Å²) in [6.45, 7) is 4.23. The third-order valence-electron chi connectivity index (χ3n) is 6.51. The van der Waals surface area contributed by atoms with Crippen molar-refractivity contribution in [3.8, 4) is 0 Å². The van der Waals surface area contributed by atoms with Crippen LogP contribution in [0.5, 0.6) is 0 Å². The molecule has 2 aromatic heterocycles. The van der Waals surface area contributed by atoms with Crippen LogP contribution in [-0.4, -0.2) is 51.5 Å². The molecule has 1 amide bonds. The highest BCUT2D eigenvalue weighted by atomic mass is 32.1. The predicted molar refractivity (Wildman–Crippen MR) is 133 cm³/mol. The molecule has 1 aliphatic rings. The number of nitrogens with one attached hydrogen (secondary N) is 1. The molecule has 0 saturated carbocycles. The van der Waals surface area contributed by atoms with Gasteiger partial charge in [0.25, 0.3) is 5.91 Å². The summed E-state index contributed by atoms with van der Waals surface area (Å²) in [7, 11) is 0. The standard InChI is InChI=1S/C26H28FN5OS/c27-21-7-5-20(6-8-21)18-32-23-4-2-1-3-22(23)30-24(32)17-19-9-13-31(14-10-19)15-11-28-25(33)26-29-12-16-34-26/h1-8,12,16,19H,9-11,13-15,17-18H2,(H,28,33). The zero-order chi connectivity index (χ0) is 23.3. The molecule has 3 heterocycles. The van der Waals surface area contributed by atoms with E-state index in [0.29, 0.717) is 24.0 Å². The largest absolute Gasteiger partial charge is 0.349 e. The van der Waals surface area contributed by atoms with Crippen molar-refractivity contribution in [3.05, 3.63) is 82.3 Å². The molecule has 1 aliphatic heterocycles. The van der Waals surface area contributed by atoms with Gasteiger partial charge in [0, 0.05) is 37.6 Å². The van der Waals surface area contributed by atoms with Gasteiger partial charge in [0.15, 0.2) is 5.01 Å². The van der Waals surface area contributed by atoms with Crippen molar-refractivity contribution >= 4 is 28.3 Å². The Kier molecular flexibility index (Phi) is 6.97. The maximum Gasteiger partial charge on any atom is 0.280 e. The molecule has 0 radical (unpaired) electrons. The number of aromatic nitrogens is 3. The molecule has 0 unspecified atom stereocenters. The summed E-state index contributed by atoms with van der Waals surface area (Å²) in [6.07, 6.45) is 4.81. The zero-order valence-electron chi connectivity index (χ0n) is 19.0. The van der Waals surface area contributed by atoms with Crippen molar-refractivity contribution in [2.45, 2.75) is 25.8 Å². The van der Waals surface area contributed by atoms with Crippen LogP contribution < -0.4 is 5.32 Å². The Morgan fingerprint density at radius 2 is 1.91 bits per heavy atom. The number of carbonyl (C=O) groups excluding carboxylic acids is 1. The molecule has 176 valence electrons. The van der Waals surface area contributed by atoms with Crippen LogP contribution in [0.25, 0.3) is 11.0 Å². The van der Waals surface area contributed by atoms with Crippen LogP contribution in [0, 0.1) is 11.7 Å². The van der Waals surface area contributed by atoms with Gasteiger partial charge in [-0.3, -0.25) is 4.79 Å². The van der Waals surface area contributed by atoms with Gasteiger partial charge >= 0.3 is 0 Å². The van der Waals surface area contributed by atoms with E-state index in [1.807, 2.05) is 29.6 Å². The average Bonchev–Trinajstić information content (AvgIpc) is 3.51. The highest BCUT2D eigenvalue weighted by Crippen LogP contribution is 2.25. The second-order valence-corrected chi connectivity index (χ2v) is 9.71. The number of halogens is 1. The molecular formula is C26H28FN5OS. The molecule has 2 aromatic carbocycles. The molecule has 0 atom stereocenters. The van der Waals surface area contributed by atoms with Gasteiger partial charge in [-0.15, -0.1) is 11.3 Å². The average molecular weight is 478 g/mol. The molecule has 1 N–H and O–H groups in total. The van der Waals surface area contributed by atoms with Crippen LogP contribution in [0.1, 0.15) is 34.0 Å². The minimum absolute atomic E-state index is 0.0926. The molecular weight excluding hydrogens is 449 g/mol. The molecule has 5 rings (SSSR count). The molecule has 0 bridgehead atoms. The van der Waals surface area contributed by atoms with Crippen molar-refractivity contribution in [1.82, 2.24) is 24.8 Å². The zero-order valence-corrected chi connectivity index (χ0v) is 19.8. The first kappa shape index (κ1) is 22.7. The van der Waals surface area contributed by atoms with Crippen LogP contribution in [0.2, 0.25) is 0 Å². The fraction of sp³-hybridized carbons (Fsp3) is 0.346. The van der Waals surface area contributed by atoms with E-state index in [1.165, 1.54) is 23.5 Å². The first-order valence-electron chi connectivity index (χ1n) is 11.7. The number of hydrogen-bond acceptors (Lipinski definition) is 5. The van der Waals surface area contributed by atoms with E-state index in [0.717, 1.165) is 61.3 Å². The monoisotopic (exact) mass is 477 g/mol. The van der Waals surface area contributed by atoms with E-state index in [4.69, 9.17) is 4.98 Å². The maximum atomic E-state index is 13.4. The van der Waals surface area contributed by atoms with Gasteiger partial charge in [-0.1, -0.05) is 24.3 Å². The number of rotatable bonds is 8. The molecule has 1 fully saturated rings. The lowest BCUT2D eigenvalue weighted by atomic mass is 9.93. The Labute approximate surface area is 202 Å². The molecule has 8 heteroatoms. The third kappa shape index (κ3) is 5.34. The number of piperidine rings is 1. The summed E-state index contributed by atoms with van der Waals surface area (Å²) >= 11 is 1.36. The number of para-hydroxylation sites is 2. The Morgan fingerprint density at radius 1 is 1.12 bits per heavy atom. The number of nitrogens with zero attached hydrogens (tertiary/aromatic N) is 4. The smallest absolute Gasteiger partial charge is 0.280 e. The van der Waals surface area contributed by atoms with Crippen LogP contribution in [0.4, 0.5) is 4.39 Å². The summed E-state index contributed by atoms with van der Waals surface area (Å²) in [5.74, 6) is 1.36. The van der Waals surface area contributed by atoms with Gasteiger partial charge in [-0.2, -0.15) is 0 Å². The summed E-state index contributed by atoms with van der Waals surface area (Å²) in [5.41, 5.74) is 3.20. The number of imidazole rings is 1. The first-order valence-corrected chi connectivity index (χ1v) is 12.6. The maximum absolute atomic E-state index is 13.4. The fourth-order valence-electron chi connectivity index (χ4n) is 4.64. The minimum atomic E-state index is -0.214. The number of carbonyl (C=O) groups is 1. The Morgan fingerprint density at radius 3 is 2.68 bits per heavy atom. The van der Waals surface area contributed by atoms with Crippen molar-refractivity contribution in [2.75, 3.05) is 26.2 Å². The number of thiazole rings is 1. The summed E-state index contributed by atoms with van der Waals surface area (Å²) < 4.78 is 15.7. The first-order chi connectivity index (χ1) is 16.7. The second kappa shape index (κ2) is 10.4. The molecule has 34 heavy (non-hydrogen) atoms. The lowest BCUT2D eigenvalue weighted by Crippen LogP contribution is -2.40. The van der Waals surface area contributed by atoms with E-state index in [9.17, 15) is 9.18 Å². The molecule has 0 spiro atoms. The van der Waals surface area contributed by atoms with Crippen molar-refractivity contribution in [1.29, 1.82) is 0 Å². The molecule has 4 aromatic rings. The van der Waals surface area contributed by atoms with Crippen LogP contribution >= 0.6 is 11.3 Å². The van der Waals surface area contributed by atoms with Gasteiger partial charge in [0.2, 0.25) is 0 Å². The number of hydrogen-bond donors (Lipinski definition) is 1. The lowest BCUT2D eigenvalue weighted by molar-refractivity contribution is 0.0943. The second-order valence-electron chi connectivity index (χ2n) is 8.81. The number of amides is 1. The fourth-order valence-corrected chi connectivity index (χ4v) is 5.19. The van der Waals surface area contributed by atoms with Crippen molar-refractivity contribution < 1.29 is 9.18 Å². The SMILES string of the molecule is O=C(NCCN1CCC(Cc2nc3ccccc3n2Cc2ccc(F)cc2)CC1)c1nccs1. The highest BCUT2D eigenvalue weighted by Gasteiger charge is 2.22. The third-order valence-corrected chi connectivity index (χ3v) is 7.28. The van der Waals surface area contributed by atoms with Crippen molar-refractivity contribution in [3.63, 3.8) is 0 Å². The number of fused-ring (bicyclic) bond motifs is 1. The Bertz CT molecular complexity index is 1230. The van der Waals surface area contributed by atoms with Gasteiger partial charge in [-0.05, 0) is 61.7 Å².